The Morgan fingerprint density at radius 3 is 2.50 bits per heavy atom. The Labute approximate surface area is 119 Å². The van der Waals surface area contributed by atoms with Gasteiger partial charge in [-0.1, -0.05) is 12.1 Å². The molecular weight excluding hydrogens is 261 g/mol. The van der Waals surface area contributed by atoms with Crippen LogP contribution in [0, 0.1) is 5.82 Å². The minimum Gasteiger partial charge on any atom is -0.389 e. The first kappa shape index (κ1) is 17.0. The summed E-state index contributed by atoms with van der Waals surface area (Å²) in [5.41, 5.74) is 0.982. The van der Waals surface area contributed by atoms with E-state index in [0.717, 1.165) is 5.56 Å². The summed E-state index contributed by atoms with van der Waals surface area (Å²) in [6.07, 6.45) is -0.570. The van der Waals surface area contributed by atoms with E-state index in [2.05, 4.69) is 5.32 Å². The van der Waals surface area contributed by atoms with Crippen LogP contribution in [0.1, 0.15) is 25.5 Å². The highest BCUT2D eigenvalue weighted by atomic mass is 19.1. The standard InChI is InChI=1S/C15H24FNO3/c1-3-19-8-9-20-11-15(18)10-17-12(2)13-4-6-14(16)7-5-13/h4-7,12,15,17-18H,3,8-11H2,1-2H3/t12-,15?/m0/s1. The Bertz CT molecular complexity index is 359. The van der Waals surface area contributed by atoms with Crippen LogP contribution in [0.2, 0.25) is 0 Å². The number of nitrogens with one attached hydrogen (secondary N) is 1. The molecule has 0 amide bonds. The van der Waals surface area contributed by atoms with Crippen LogP contribution in [0.3, 0.4) is 0 Å². The summed E-state index contributed by atoms with van der Waals surface area (Å²) in [5, 5.41) is 12.9. The first-order valence-corrected chi connectivity index (χ1v) is 6.96. The van der Waals surface area contributed by atoms with Gasteiger partial charge in [0, 0.05) is 19.2 Å². The van der Waals surface area contributed by atoms with Crippen molar-refractivity contribution >= 4 is 0 Å². The number of aliphatic hydroxyl groups excluding tert-OH is 1. The van der Waals surface area contributed by atoms with E-state index >= 15 is 0 Å². The molecule has 0 bridgehead atoms. The van der Waals surface area contributed by atoms with Crippen molar-refractivity contribution in [1.82, 2.24) is 5.32 Å². The zero-order valence-corrected chi connectivity index (χ0v) is 12.1. The first-order valence-electron chi connectivity index (χ1n) is 6.96. The monoisotopic (exact) mass is 285 g/mol. The molecule has 1 unspecified atom stereocenters. The molecule has 0 heterocycles. The summed E-state index contributed by atoms with van der Waals surface area (Å²) >= 11 is 0. The lowest BCUT2D eigenvalue weighted by molar-refractivity contribution is 0.00586. The van der Waals surface area contributed by atoms with Gasteiger partial charge in [0.25, 0.3) is 0 Å². The maximum Gasteiger partial charge on any atom is 0.123 e. The Kier molecular flexibility index (Phi) is 8.37. The molecule has 0 aromatic heterocycles. The highest BCUT2D eigenvalue weighted by Crippen LogP contribution is 2.12. The molecule has 2 N–H and O–H groups in total. The molecule has 0 radical (unpaired) electrons. The number of halogens is 1. The largest absolute Gasteiger partial charge is 0.389 e. The Hall–Kier alpha value is -1.01. The highest BCUT2D eigenvalue weighted by molar-refractivity contribution is 5.19. The normalized spacial score (nSPS) is 14.2. The molecule has 20 heavy (non-hydrogen) atoms. The van der Waals surface area contributed by atoms with Crippen LogP contribution in [0.25, 0.3) is 0 Å². The lowest BCUT2D eigenvalue weighted by atomic mass is 10.1. The minimum absolute atomic E-state index is 0.0497. The van der Waals surface area contributed by atoms with E-state index in [-0.39, 0.29) is 18.5 Å². The van der Waals surface area contributed by atoms with Gasteiger partial charge < -0.3 is 19.9 Å². The van der Waals surface area contributed by atoms with E-state index in [4.69, 9.17) is 9.47 Å². The molecule has 1 aromatic rings. The lowest BCUT2D eigenvalue weighted by Crippen LogP contribution is -2.32. The number of aliphatic hydroxyl groups is 1. The molecule has 0 spiro atoms. The van der Waals surface area contributed by atoms with Crippen molar-refractivity contribution in [3.63, 3.8) is 0 Å². The molecular formula is C15H24FNO3. The summed E-state index contributed by atoms with van der Waals surface area (Å²) in [4.78, 5) is 0. The number of benzene rings is 1. The van der Waals surface area contributed by atoms with E-state index in [1.54, 1.807) is 12.1 Å². The van der Waals surface area contributed by atoms with Gasteiger partial charge in [0.2, 0.25) is 0 Å². The van der Waals surface area contributed by atoms with Crippen LogP contribution in [-0.2, 0) is 9.47 Å². The van der Waals surface area contributed by atoms with Crippen molar-refractivity contribution in [2.24, 2.45) is 0 Å². The maximum absolute atomic E-state index is 12.8. The molecule has 4 nitrogen and oxygen atoms in total. The fourth-order valence-electron chi connectivity index (χ4n) is 1.72. The topological polar surface area (TPSA) is 50.7 Å². The molecule has 1 rings (SSSR count). The first-order chi connectivity index (χ1) is 9.63. The molecule has 2 atom stereocenters. The van der Waals surface area contributed by atoms with E-state index in [1.807, 2.05) is 13.8 Å². The summed E-state index contributed by atoms with van der Waals surface area (Å²) in [6, 6.07) is 6.38. The Morgan fingerprint density at radius 2 is 1.85 bits per heavy atom. The third-order valence-corrected chi connectivity index (χ3v) is 2.92. The average molecular weight is 285 g/mol. The number of rotatable bonds is 10. The molecule has 0 aliphatic heterocycles. The van der Waals surface area contributed by atoms with Crippen LogP contribution in [0.15, 0.2) is 24.3 Å². The summed E-state index contributed by atoms with van der Waals surface area (Å²) in [6.45, 7) is 6.29. The molecule has 5 heteroatoms. The predicted octanol–water partition coefficient (Wildman–Crippen LogP) is 1.89. The van der Waals surface area contributed by atoms with Crippen LogP contribution in [-0.4, -0.2) is 44.2 Å². The van der Waals surface area contributed by atoms with Crippen LogP contribution >= 0.6 is 0 Å². The van der Waals surface area contributed by atoms with Gasteiger partial charge in [-0.2, -0.15) is 0 Å². The third-order valence-electron chi connectivity index (χ3n) is 2.92. The molecule has 0 aliphatic rings. The molecule has 114 valence electrons. The van der Waals surface area contributed by atoms with Crippen molar-refractivity contribution in [2.45, 2.75) is 26.0 Å². The number of hydrogen-bond donors (Lipinski definition) is 2. The second-order valence-electron chi connectivity index (χ2n) is 4.61. The van der Waals surface area contributed by atoms with Crippen molar-refractivity contribution in [3.05, 3.63) is 35.6 Å². The number of hydrogen-bond acceptors (Lipinski definition) is 4. The molecule has 0 aliphatic carbocycles. The van der Waals surface area contributed by atoms with E-state index in [1.165, 1.54) is 12.1 Å². The smallest absolute Gasteiger partial charge is 0.123 e. The quantitative estimate of drug-likeness (QED) is 0.645. The summed E-state index contributed by atoms with van der Waals surface area (Å²) < 4.78 is 23.2. The van der Waals surface area contributed by atoms with Gasteiger partial charge in [-0.15, -0.1) is 0 Å². The van der Waals surface area contributed by atoms with Crippen LogP contribution in [0.4, 0.5) is 4.39 Å². The SMILES string of the molecule is CCOCCOCC(O)CN[C@@H](C)c1ccc(F)cc1. The summed E-state index contributed by atoms with van der Waals surface area (Å²) in [7, 11) is 0. The average Bonchev–Trinajstić information content (AvgIpc) is 2.45. The van der Waals surface area contributed by atoms with Gasteiger partial charge in [0.1, 0.15) is 5.82 Å². The Balaban J connectivity index is 2.16. The van der Waals surface area contributed by atoms with Crippen LogP contribution in [0.5, 0.6) is 0 Å². The van der Waals surface area contributed by atoms with Gasteiger partial charge in [0.15, 0.2) is 0 Å². The van der Waals surface area contributed by atoms with Gasteiger partial charge >= 0.3 is 0 Å². The zero-order chi connectivity index (χ0) is 14.8. The fraction of sp³-hybridized carbons (Fsp3) is 0.600. The van der Waals surface area contributed by atoms with Gasteiger partial charge in [-0.3, -0.25) is 0 Å². The van der Waals surface area contributed by atoms with E-state index in [9.17, 15) is 9.50 Å². The van der Waals surface area contributed by atoms with Crippen molar-refractivity contribution in [2.75, 3.05) is 33.0 Å². The lowest BCUT2D eigenvalue weighted by Gasteiger charge is -2.17. The van der Waals surface area contributed by atoms with Crippen molar-refractivity contribution in [1.29, 1.82) is 0 Å². The van der Waals surface area contributed by atoms with Crippen molar-refractivity contribution in [3.8, 4) is 0 Å². The van der Waals surface area contributed by atoms with Crippen LogP contribution < -0.4 is 5.32 Å². The zero-order valence-electron chi connectivity index (χ0n) is 12.1. The predicted molar refractivity (Wildman–Crippen MR) is 76.1 cm³/mol. The van der Waals surface area contributed by atoms with Crippen molar-refractivity contribution < 1.29 is 19.0 Å². The molecule has 0 fully saturated rings. The fourth-order valence-corrected chi connectivity index (χ4v) is 1.72. The maximum atomic E-state index is 12.8. The highest BCUT2D eigenvalue weighted by Gasteiger charge is 2.09. The van der Waals surface area contributed by atoms with Gasteiger partial charge in [-0.25, -0.2) is 4.39 Å². The second kappa shape index (κ2) is 9.83. The minimum atomic E-state index is -0.570. The third kappa shape index (κ3) is 6.96. The molecule has 0 saturated carbocycles. The van der Waals surface area contributed by atoms with Gasteiger partial charge in [0.05, 0.1) is 25.9 Å². The Morgan fingerprint density at radius 1 is 1.20 bits per heavy atom. The second-order valence-corrected chi connectivity index (χ2v) is 4.61. The van der Waals surface area contributed by atoms with E-state index < -0.39 is 6.10 Å². The van der Waals surface area contributed by atoms with E-state index in [0.29, 0.717) is 26.4 Å². The summed E-state index contributed by atoms with van der Waals surface area (Å²) in [5.74, 6) is -0.247. The number of ether oxygens (including phenoxy) is 2. The molecule has 1 aromatic carbocycles. The van der Waals surface area contributed by atoms with Gasteiger partial charge in [-0.05, 0) is 31.5 Å². The molecule has 0 saturated heterocycles.